The van der Waals surface area contributed by atoms with Gasteiger partial charge < -0.3 is 37.2 Å². The number of amides is 4. The van der Waals surface area contributed by atoms with Crippen LogP contribution in [0.2, 0.25) is 0 Å². The predicted molar refractivity (Wildman–Crippen MR) is 104 cm³/mol. The van der Waals surface area contributed by atoms with Crippen LogP contribution in [-0.2, 0) is 28.8 Å². The van der Waals surface area contributed by atoms with Gasteiger partial charge in [0.2, 0.25) is 23.6 Å². The SMILES string of the molecule is NC(=O)CC(N)C(=O)N1CCCC1C(=O)NC(CC(=O)O)C(=O)NC(CS)C(=O)O. The second-order valence-corrected chi connectivity index (χ2v) is 7.07. The summed E-state index contributed by atoms with van der Waals surface area (Å²) in [5.74, 6) is -6.32. The van der Waals surface area contributed by atoms with Gasteiger partial charge in [0.25, 0.3) is 0 Å². The zero-order chi connectivity index (χ0) is 23.0. The summed E-state index contributed by atoms with van der Waals surface area (Å²) in [6.07, 6.45) is -0.535. The maximum atomic E-state index is 12.6. The lowest BCUT2D eigenvalue weighted by Crippen LogP contribution is -2.57. The van der Waals surface area contributed by atoms with Gasteiger partial charge in [0.05, 0.1) is 18.9 Å². The highest BCUT2D eigenvalue weighted by Crippen LogP contribution is 2.19. The lowest BCUT2D eigenvalue weighted by atomic mass is 10.1. The number of carboxylic acid groups (broad SMARTS) is 2. The molecule has 1 aliphatic heterocycles. The van der Waals surface area contributed by atoms with E-state index in [-0.39, 0.29) is 18.7 Å². The fraction of sp³-hybridized carbons (Fsp3) is 0.625. The first kappa shape index (κ1) is 25.2. The molecule has 4 atom stereocenters. The standard InChI is InChI=1S/C16H25N5O8S/c17-7(4-11(18)22)15(27)21-3-1-2-10(21)14(26)19-8(5-12(23)24)13(25)20-9(6-30)16(28)29/h7-10,30H,1-6,17H2,(H2,18,22)(H,19,26)(H,20,25)(H,23,24)(H,28,29). The van der Waals surface area contributed by atoms with Crippen LogP contribution in [-0.4, -0.2) is 87.1 Å². The van der Waals surface area contributed by atoms with E-state index in [0.717, 1.165) is 4.90 Å². The van der Waals surface area contributed by atoms with E-state index in [4.69, 9.17) is 21.7 Å². The molecule has 8 N–H and O–H groups in total. The van der Waals surface area contributed by atoms with E-state index in [0.29, 0.717) is 6.42 Å². The summed E-state index contributed by atoms with van der Waals surface area (Å²) in [5, 5.41) is 22.4. The molecule has 0 aromatic heterocycles. The number of carboxylic acids is 2. The lowest BCUT2D eigenvalue weighted by Gasteiger charge is -2.28. The Kier molecular flexibility index (Phi) is 9.52. The fourth-order valence-corrected chi connectivity index (χ4v) is 3.18. The van der Waals surface area contributed by atoms with Crippen molar-refractivity contribution in [3.05, 3.63) is 0 Å². The number of hydrogen-bond acceptors (Lipinski definition) is 8. The largest absolute Gasteiger partial charge is 0.481 e. The Morgan fingerprint density at radius 2 is 1.70 bits per heavy atom. The van der Waals surface area contributed by atoms with Gasteiger partial charge in [-0.2, -0.15) is 12.6 Å². The van der Waals surface area contributed by atoms with E-state index in [1.54, 1.807) is 0 Å². The summed E-state index contributed by atoms with van der Waals surface area (Å²) in [5.41, 5.74) is 10.7. The van der Waals surface area contributed by atoms with Gasteiger partial charge in [0, 0.05) is 12.3 Å². The third kappa shape index (κ3) is 7.18. The Bertz CT molecular complexity index is 718. The van der Waals surface area contributed by atoms with Gasteiger partial charge in [-0.25, -0.2) is 4.79 Å². The van der Waals surface area contributed by atoms with E-state index in [9.17, 15) is 28.8 Å². The molecular formula is C16H25N5O8S. The van der Waals surface area contributed by atoms with E-state index in [1.165, 1.54) is 0 Å². The molecule has 0 radical (unpaired) electrons. The van der Waals surface area contributed by atoms with E-state index in [2.05, 4.69) is 23.3 Å². The van der Waals surface area contributed by atoms with Crippen molar-refractivity contribution in [3.8, 4) is 0 Å². The van der Waals surface area contributed by atoms with Gasteiger partial charge in [-0.05, 0) is 12.8 Å². The zero-order valence-corrected chi connectivity index (χ0v) is 16.8. The quantitative estimate of drug-likeness (QED) is 0.157. The van der Waals surface area contributed by atoms with Crippen molar-refractivity contribution in [2.24, 2.45) is 11.5 Å². The molecule has 13 nitrogen and oxygen atoms in total. The molecule has 168 valence electrons. The predicted octanol–water partition coefficient (Wildman–Crippen LogP) is -3.36. The van der Waals surface area contributed by atoms with Crippen molar-refractivity contribution < 1.29 is 39.0 Å². The molecule has 1 rings (SSSR count). The van der Waals surface area contributed by atoms with Crippen LogP contribution in [0.3, 0.4) is 0 Å². The monoisotopic (exact) mass is 447 g/mol. The number of rotatable bonds is 11. The first-order valence-electron chi connectivity index (χ1n) is 8.98. The molecule has 14 heteroatoms. The number of hydrogen-bond donors (Lipinski definition) is 7. The van der Waals surface area contributed by atoms with Gasteiger partial charge in [0.15, 0.2) is 0 Å². The molecule has 0 aliphatic carbocycles. The Morgan fingerprint density at radius 1 is 1.07 bits per heavy atom. The van der Waals surface area contributed by atoms with Crippen molar-refractivity contribution in [2.45, 2.75) is 49.9 Å². The fourth-order valence-electron chi connectivity index (χ4n) is 2.93. The molecule has 0 saturated carbocycles. The van der Waals surface area contributed by atoms with Crippen LogP contribution in [0.25, 0.3) is 0 Å². The van der Waals surface area contributed by atoms with Crippen molar-refractivity contribution in [1.29, 1.82) is 0 Å². The normalized spacial score (nSPS) is 18.7. The number of nitrogens with zero attached hydrogens (tertiary/aromatic N) is 1. The Balaban J connectivity index is 2.90. The Labute approximate surface area is 176 Å². The third-order valence-corrected chi connectivity index (χ3v) is 4.75. The molecule has 0 bridgehead atoms. The van der Waals surface area contributed by atoms with E-state index < -0.39 is 72.6 Å². The second-order valence-electron chi connectivity index (χ2n) is 6.71. The average molecular weight is 447 g/mol. The number of thiol groups is 1. The van der Waals surface area contributed by atoms with Crippen LogP contribution < -0.4 is 22.1 Å². The smallest absolute Gasteiger partial charge is 0.327 e. The minimum atomic E-state index is -1.58. The topological polar surface area (TPSA) is 222 Å². The summed E-state index contributed by atoms with van der Waals surface area (Å²) >= 11 is 3.80. The number of likely N-dealkylation sites (tertiary alicyclic amines) is 1. The minimum absolute atomic E-state index is 0.180. The molecule has 4 unspecified atom stereocenters. The van der Waals surface area contributed by atoms with E-state index in [1.807, 2.05) is 0 Å². The lowest BCUT2D eigenvalue weighted by molar-refractivity contribution is -0.144. The molecule has 1 heterocycles. The minimum Gasteiger partial charge on any atom is -0.481 e. The highest BCUT2D eigenvalue weighted by molar-refractivity contribution is 7.80. The Morgan fingerprint density at radius 3 is 2.20 bits per heavy atom. The first-order chi connectivity index (χ1) is 14.0. The maximum absolute atomic E-state index is 12.6. The van der Waals surface area contributed by atoms with Crippen LogP contribution in [0.15, 0.2) is 0 Å². The van der Waals surface area contributed by atoms with Crippen molar-refractivity contribution >= 4 is 48.2 Å². The number of aliphatic carboxylic acids is 2. The molecule has 1 saturated heterocycles. The Hall–Kier alpha value is -2.87. The molecule has 0 aromatic carbocycles. The molecule has 0 spiro atoms. The molecule has 30 heavy (non-hydrogen) atoms. The number of primary amides is 1. The highest BCUT2D eigenvalue weighted by Gasteiger charge is 2.38. The van der Waals surface area contributed by atoms with Gasteiger partial charge in [-0.15, -0.1) is 0 Å². The zero-order valence-electron chi connectivity index (χ0n) is 15.9. The van der Waals surface area contributed by atoms with Crippen LogP contribution in [0.5, 0.6) is 0 Å². The summed E-state index contributed by atoms with van der Waals surface area (Å²) in [6.45, 7) is 0.180. The number of nitrogens with one attached hydrogen (secondary N) is 2. The number of carbonyl (C=O) groups is 6. The van der Waals surface area contributed by atoms with E-state index >= 15 is 0 Å². The summed E-state index contributed by atoms with van der Waals surface area (Å²) in [6, 6.07) is -5.22. The summed E-state index contributed by atoms with van der Waals surface area (Å²) in [4.78, 5) is 71.6. The second kappa shape index (κ2) is 11.3. The highest BCUT2D eigenvalue weighted by atomic mass is 32.1. The van der Waals surface area contributed by atoms with Crippen molar-refractivity contribution in [3.63, 3.8) is 0 Å². The van der Waals surface area contributed by atoms with Gasteiger partial charge in [0.1, 0.15) is 18.1 Å². The van der Waals surface area contributed by atoms with Gasteiger partial charge in [-0.3, -0.25) is 24.0 Å². The molecular weight excluding hydrogens is 422 g/mol. The van der Waals surface area contributed by atoms with Gasteiger partial charge in [-0.1, -0.05) is 0 Å². The van der Waals surface area contributed by atoms with Crippen LogP contribution in [0.1, 0.15) is 25.7 Å². The van der Waals surface area contributed by atoms with Gasteiger partial charge >= 0.3 is 11.9 Å². The summed E-state index contributed by atoms with van der Waals surface area (Å²) in [7, 11) is 0. The molecule has 1 fully saturated rings. The van der Waals surface area contributed by atoms with Crippen molar-refractivity contribution in [1.82, 2.24) is 15.5 Å². The first-order valence-corrected chi connectivity index (χ1v) is 9.61. The van der Waals surface area contributed by atoms with Crippen molar-refractivity contribution in [2.75, 3.05) is 12.3 Å². The van der Waals surface area contributed by atoms with Crippen LogP contribution in [0, 0.1) is 0 Å². The summed E-state index contributed by atoms with van der Waals surface area (Å²) < 4.78 is 0. The van der Waals surface area contributed by atoms with Crippen LogP contribution >= 0.6 is 12.6 Å². The molecule has 0 aromatic rings. The molecule has 4 amide bonds. The maximum Gasteiger partial charge on any atom is 0.327 e. The third-order valence-electron chi connectivity index (χ3n) is 4.39. The number of nitrogens with two attached hydrogens (primary N) is 2. The van der Waals surface area contributed by atoms with Crippen LogP contribution in [0.4, 0.5) is 0 Å². The number of carbonyl (C=O) groups excluding carboxylic acids is 4. The average Bonchev–Trinajstić information content (AvgIpc) is 3.13. The molecule has 1 aliphatic rings.